The number of hydrogen-bond donors (Lipinski definition) is 1. The summed E-state index contributed by atoms with van der Waals surface area (Å²) in [5, 5.41) is 6.84. The van der Waals surface area contributed by atoms with Crippen molar-refractivity contribution < 1.29 is 0 Å². The maximum atomic E-state index is 3.97. The third kappa shape index (κ3) is 1.15. The zero-order valence-corrected chi connectivity index (χ0v) is 8.52. The van der Waals surface area contributed by atoms with Crippen molar-refractivity contribution in [3.05, 3.63) is 13.0 Å². The van der Waals surface area contributed by atoms with Crippen molar-refractivity contribution in [2.45, 2.75) is 6.92 Å². The van der Waals surface area contributed by atoms with Crippen LogP contribution in [-0.4, -0.2) is 10.2 Å². The molecular formula is C4H4I2N2. The molecule has 44 valence electrons. The van der Waals surface area contributed by atoms with Gasteiger partial charge in [-0.1, -0.05) is 0 Å². The Morgan fingerprint density at radius 2 is 2.12 bits per heavy atom. The average molecular weight is 334 g/mol. The molecule has 0 amide bonds. The van der Waals surface area contributed by atoms with Gasteiger partial charge in [0.1, 0.15) is 3.70 Å². The second-order valence-electron chi connectivity index (χ2n) is 1.45. The van der Waals surface area contributed by atoms with E-state index in [9.17, 15) is 0 Å². The lowest BCUT2D eigenvalue weighted by atomic mass is 10.5. The Kier molecular flexibility index (Phi) is 2.13. The van der Waals surface area contributed by atoms with E-state index in [4.69, 9.17) is 0 Å². The molecule has 0 radical (unpaired) electrons. The molecule has 0 aromatic carbocycles. The van der Waals surface area contributed by atoms with Gasteiger partial charge in [0.25, 0.3) is 0 Å². The average Bonchev–Trinajstić information content (AvgIpc) is 1.98. The van der Waals surface area contributed by atoms with Gasteiger partial charge >= 0.3 is 0 Å². The summed E-state index contributed by atoms with van der Waals surface area (Å²) in [6, 6.07) is 0. The standard InChI is InChI=1S/C4H4I2N2/c1-2-3(5)4(6)8-7-2/h1H3,(H,7,8). The van der Waals surface area contributed by atoms with Gasteiger partial charge in [-0.2, -0.15) is 5.10 Å². The van der Waals surface area contributed by atoms with Crippen LogP contribution >= 0.6 is 45.2 Å². The zero-order chi connectivity index (χ0) is 6.15. The number of hydrogen-bond acceptors (Lipinski definition) is 1. The summed E-state index contributed by atoms with van der Waals surface area (Å²) in [6.07, 6.45) is 0. The number of aromatic nitrogens is 2. The molecule has 8 heavy (non-hydrogen) atoms. The Bertz CT molecular complexity index is 174. The molecule has 0 aliphatic heterocycles. The van der Waals surface area contributed by atoms with Crippen molar-refractivity contribution in [2.75, 3.05) is 0 Å². The Morgan fingerprint density at radius 3 is 2.25 bits per heavy atom. The van der Waals surface area contributed by atoms with Gasteiger partial charge in [-0.25, -0.2) is 0 Å². The summed E-state index contributed by atoms with van der Waals surface area (Å²) < 4.78 is 2.28. The van der Waals surface area contributed by atoms with Crippen LogP contribution in [0.3, 0.4) is 0 Å². The van der Waals surface area contributed by atoms with Gasteiger partial charge in [0.2, 0.25) is 0 Å². The predicted octanol–water partition coefficient (Wildman–Crippen LogP) is 1.93. The molecule has 0 atom stereocenters. The molecule has 2 nitrogen and oxygen atoms in total. The van der Waals surface area contributed by atoms with Crippen molar-refractivity contribution >= 4 is 45.2 Å². The number of aromatic amines is 1. The highest BCUT2D eigenvalue weighted by Gasteiger charge is 2.00. The molecule has 4 heteroatoms. The minimum Gasteiger partial charge on any atom is -0.281 e. The molecule has 0 aliphatic rings. The van der Waals surface area contributed by atoms with Crippen molar-refractivity contribution in [2.24, 2.45) is 0 Å². The molecule has 1 aromatic rings. The van der Waals surface area contributed by atoms with Gasteiger partial charge in [0.15, 0.2) is 0 Å². The first-order valence-corrected chi connectivity index (χ1v) is 4.23. The minimum atomic E-state index is 1.06. The Labute approximate surface area is 74.7 Å². The Balaban J connectivity index is 3.19. The number of aryl methyl sites for hydroxylation is 1. The van der Waals surface area contributed by atoms with E-state index >= 15 is 0 Å². The SMILES string of the molecule is Cc1[nH]nc(I)c1I. The van der Waals surface area contributed by atoms with Crippen LogP contribution in [0.5, 0.6) is 0 Å². The van der Waals surface area contributed by atoms with E-state index < -0.39 is 0 Å². The normalized spacial score (nSPS) is 9.88. The lowest BCUT2D eigenvalue weighted by Gasteiger charge is -1.79. The molecule has 0 unspecified atom stereocenters. The highest BCUT2D eigenvalue weighted by Crippen LogP contribution is 2.14. The van der Waals surface area contributed by atoms with E-state index in [1.807, 2.05) is 6.92 Å². The number of rotatable bonds is 0. The summed E-state index contributed by atoms with van der Waals surface area (Å²) in [5.41, 5.74) is 1.15. The van der Waals surface area contributed by atoms with Crippen LogP contribution in [0.15, 0.2) is 0 Å². The van der Waals surface area contributed by atoms with E-state index in [1.165, 1.54) is 3.57 Å². The fourth-order valence-electron chi connectivity index (χ4n) is 0.386. The molecule has 0 saturated heterocycles. The Hall–Kier alpha value is 0.670. The highest BCUT2D eigenvalue weighted by atomic mass is 127. The van der Waals surface area contributed by atoms with E-state index in [0.717, 1.165) is 9.39 Å². The summed E-state index contributed by atoms with van der Waals surface area (Å²) >= 11 is 4.46. The largest absolute Gasteiger partial charge is 0.281 e. The van der Waals surface area contributed by atoms with Crippen LogP contribution in [0.1, 0.15) is 5.69 Å². The monoisotopic (exact) mass is 334 g/mol. The molecule has 1 rings (SSSR count). The maximum Gasteiger partial charge on any atom is 0.136 e. The topological polar surface area (TPSA) is 28.7 Å². The second kappa shape index (κ2) is 2.51. The zero-order valence-electron chi connectivity index (χ0n) is 4.20. The van der Waals surface area contributed by atoms with E-state index in [0.29, 0.717) is 0 Å². The van der Waals surface area contributed by atoms with Crippen molar-refractivity contribution in [1.82, 2.24) is 10.2 Å². The van der Waals surface area contributed by atoms with Crippen molar-refractivity contribution in [3.8, 4) is 0 Å². The lowest BCUT2D eigenvalue weighted by Crippen LogP contribution is -1.71. The third-order valence-corrected chi connectivity index (χ3v) is 3.96. The van der Waals surface area contributed by atoms with Crippen LogP contribution in [0, 0.1) is 14.2 Å². The summed E-state index contributed by atoms with van der Waals surface area (Å²) in [4.78, 5) is 0. The van der Waals surface area contributed by atoms with E-state index in [-0.39, 0.29) is 0 Å². The van der Waals surface area contributed by atoms with Crippen LogP contribution in [0.25, 0.3) is 0 Å². The van der Waals surface area contributed by atoms with E-state index in [1.54, 1.807) is 0 Å². The van der Waals surface area contributed by atoms with Crippen LogP contribution in [0.2, 0.25) is 0 Å². The summed E-state index contributed by atoms with van der Waals surface area (Å²) in [7, 11) is 0. The first kappa shape index (κ1) is 6.79. The number of nitrogens with zero attached hydrogens (tertiary/aromatic N) is 1. The quantitative estimate of drug-likeness (QED) is 0.722. The lowest BCUT2D eigenvalue weighted by molar-refractivity contribution is 1.03. The van der Waals surface area contributed by atoms with Gasteiger partial charge in [0, 0.05) is 5.69 Å². The van der Waals surface area contributed by atoms with Gasteiger partial charge in [-0.15, -0.1) is 0 Å². The first-order valence-electron chi connectivity index (χ1n) is 2.08. The maximum absolute atomic E-state index is 3.97. The smallest absolute Gasteiger partial charge is 0.136 e. The van der Waals surface area contributed by atoms with Gasteiger partial charge < -0.3 is 0 Å². The van der Waals surface area contributed by atoms with Crippen LogP contribution < -0.4 is 0 Å². The minimum absolute atomic E-state index is 1.06. The van der Waals surface area contributed by atoms with Crippen molar-refractivity contribution in [3.63, 3.8) is 0 Å². The molecule has 0 bridgehead atoms. The number of H-pyrrole nitrogens is 1. The molecule has 0 aliphatic carbocycles. The van der Waals surface area contributed by atoms with Gasteiger partial charge in [0.05, 0.1) is 3.57 Å². The fraction of sp³-hybridized carbons (Fsp3) is 0.250. The molecule has 1 heterocycles. The Morgan fingerprint density at radius 1 is 1.50 bits per heavy atom. The molecule has 0 spiro atoms. The summed E-state index contributed by atoms with van der Waals surface area (Å²) in [6.45, 7) is 2.01. The summed E-state index contributed by atoms with van der Waals surface area (Å²) in [5.74, 6) is 0. The van der Waals surface area contributed by atoms with Gasteiger partial charge in [-0.3, -0.25) is 5.10 Å². The second-order valence-corrected chi connectivity index (χ2v) is 3.55. The van der Waals surface area contributed by atoms with Crippen LogP contribution in [-0.2, 0) is 0 Å². The first-order chi connectivity index (χ1) is 3.72. The van der Waals surface area contributed by atoms with Crippen molar-refractivity contribution in [1.29, 1.82) is 0 Å². The van der Waals surface area contributed by atoms with Gasteiger partial charge in [-0.05, 0) is 52.1 Å². The molecular weight excluding hydrogens is 330 g/mol. The predicted molar refractivity (Wildman–Crippen MR) is 48.8 cm³/mol. The fourth-order valence-corrected chi connectivity index (χ4v) is 1.15. The third-order valence-electron chi connectivity index (χ3n) is 0.832. The molecule has 1 N–H and O–H groups in total. The number of halogens is 2. The van der Waals surface area contributed by atoms with Crippen LogP contribution in [0.4, 0.5) is 0 Å². The molecule has 0 saturated carbocycles. The number of nitrogens with one attached hydrogen (secondary N) is 1. The molecule has 0 fully saturated rings. The highest BCUT2D eigenvalue weighted by molar-refractivity contribution is 14.1. The van der Waals surface area contributed by atoms with E-state index in [2.05, 4.69) is 55.4 Å². The molecule has 1 aromatic heterocycles.